The van der Waals surface area contributed by atoms with Crippen LogP contribution in [-0.2, 0) is 31.5 Å². The number of allylic oxidation sites excluding steroid dienone is 2. The maximum absolute atomic E-state index is 13.2. The number of anilines is 2. The van der Waals surface area contributed by atoms with Crippen molar-refractivity contribution in [1.82, 2.24) is 43.6 Å². The molecule has 18 heteroatoms. The first-order valence-electron chi connectivity index (χ1n) is 25.1. The number of nitrogens with one attached hydrogen (secondary N) is 1. The van der Waals surface area contributed by atoms with E-state index in [0.717, 1.165) is 77.7 Å². The van der Waals surface area contributed by atoms with Gasteiger partial charge in [-0.2, -0.15) is 0 Å². The van der Waals surface area contributed by atoms with E-state index in [9.17, 15) is 24.3 Å². The molecular weight excluding hydrogens is 963 g/mol. The number of aromatic nitrogens is 8. The Labute approximate surface area is 434 Å². The molecule has 9 rings (SSSR count). The SMILES string of the molecule is C=CCn1c(=O)c2cnc(Cc3ccc(N4CCN(C)CC4)cc3)nc2n1-c1cccc([Si](C)(C)O)c1.C=CCn1c(=O)c2cnc(Cc3ccc(NCC[Si](C)(C)O)cc3)nc2n1-c1cccc(C(C)(C)O)c1. The quantitative estimate of drug-likeness (QED) is 0.0560. The summed E-state index contributed by atoms with van der Waals surface area (Å²) in [6.07, 6.45) is 7.66. The predicted octanol–water partition coefficient (Wildman–Crippen LogP) is 6.71. The number of hydrogen-bond donors (Lipinski definition) is 4. The van der Waals surface area contributed by atoms with Crippen molar-refractivity contribution >= 4 is 55.3 Å². The minimum Gasteiger partial charge on any atom is -0.432 e. The average molecular weight is 1030 g/mol. The largest absolute Gasteiger partial charge is 0.432 e. The summed E-state index contributed by atoms with van der Waals surface area (Å²) in [5, 5.41) is 15.7. The lowest BCUT2D eigenvalue weighted by Crippen LogP contribution is -2.44. The van der Waals surface area contributed by atoms with Gasteiger partial charge in [0, 0.05) is 69.3 Å². The van der Waals surface area contributed by atoms with Crippen LogP contribution in [0.25, 0.3) is 33.4 Å². The predicted molar refractivity (Wildman–Crippen MR) is 302 cm³/mol. The highest BCUT2D eigenvalue weighted by molar-refractivity contribution is 6.83. The zero-order valence-corrected chi connectivity index (χ0v) is 45.7. The van der Waals surface area contributed by atoms with Gasteiger partial charge in [0.05, 0.1) is 30.1 Å². The summed E-state index contributed by atoms with van der Waals surface area (Å²) >= 11 is 0. The molecule has 8 aromatic rings. The van der Waals surface area contributed by atoms with Crippen LogP contribution in [0.5, 0.6) is 0 Å². The first-order valence-corrected chi connectivity index (χ1v) is 31.2. The summed E-state index contributed by atoms with van der Waals surface area (Å²) < 4.78 is 6.80. The smallest absolute Gasteiger partial charge is 0.278 e. The third kappa shape index (κ3) is 12.5. The van der Waals surface area contributed by atoms with E-state index in [0.29, 0.717) is 59.6 Å². The highest BCUT2D eigenvalue weighted by Gasteiger charge is 2.24. The van der Waals surface area contributed by atoms with Crippen LogP contribution in [0.1, 0.15) is 42.2 Å². The number of piperazine rings is 1. The number of nitrogens with zero attached hydrogens (tertiary/aromatic N) is 10. The molecule has 1 fully saturated rings. The van der Waals surface area contributed by atoms with Gasteiger partial charge in [-0.05, 0) is 124 Å². The van der Waals surface area contributed by atoms with E-state index in [-0.39, 0.29) is 11.1 Å². The molecule has 0 bridgehead atoms. The Morgan fingerprint density at radius 2 is 1.18 bits per heavy atom. The molecule has 1 aliphatic heterocycles. The highest BCUT2D eigenvalue weighted by Crippen LogP contribution is 2.25. The fourth-order valence-electron chi connectivity index (χ4n) is 8.94. The number of likely N-dealkylation sites (N-methyl/N-ethyl adjacent to an activating group) is 1. The first-order chi connectivity index (χ1) is 35.2. The van der Waals surface area contributed by atoms with Crippen molar-refractivity contribution in [3.63, 3.8) is 0 Å². The lowest BCUT2D eigenvalue weighted by atomic mass is 9.98. The molecule has 386 valence electrons. The van der Waals surface area contributed by atoms with Crippen molar-refractivity contribution in [3.8, 4) is 11.4 Å². The molecule has 0 radical (unpaired) electrons. The van der Waals surface area contributed by atoms with Crippen LogP contribution in [0.15, 0.2) is 144 Å². The fourth-order valence-corrected chi connectivity index (χ4v) is 10.7. The first kappa shape index (κ1) is 53.2. The Hall–Kier alpha value is -7.07. The molecule has 4 N–H and O–H groups in total. The van der Waals surface area contributed by atoms with Gasteiger partial charge in [0.1, 0.15) is 22.4 Å². The molecule has 1 saturated heterocycles. The minimum absolute atomic E-state index is 0.163. The number of rotatable bonds is 17. The highest BCUT2D eigenvalue weighted by atomic mass is 28.4. The van der Waals surface area contributed by atoms with Crippen molar-refractivity contribution in [2.24, 2.45) is 0 Å². The molecule has 0 amide bonds. The topological polar surface area (TPSA) is 185 Å². The van der Waals surface area contributed by atoms with Crippen molar-refractivity contribution in [2.75, 3.05) is 50.0 Å². The second kappa shape index (κ2) is 22.2. The molecule has 4 aromatic heterocycles. The summed E-state index contributed by atoms with van der Waals surface area (Å²) in [4.78, 5) is 70.6. The van der Waals surface area contributed by atoms with Crippen LogP contribution in [0.4, 0.5) is 11.4 Å². The summed E-state index contributed by atoms with van der Waals surface area (Å²) in [5.41, 5.74) is 6.32. The van der Waals surface area contributed by atoms with Gasteiger partial charge in [-0.3, -0.25) is 9.59 Å². The van der Waals surface area contributed by atoms with Crippen molar-refractivity contribution in [2.45, 2.75) is 77.6 Å². The number of hydrogen-bond acceptors (Lipinski definition) is 12. The van der Waals surface area contributed by atoms with E-state index in [1.54, 1.807) is 52.4 Å². The van der Waals surface area contributed by atoms with Gasteiger partial charge in [-0.25, -0.2) is 38.7 Å². The van der Waals surface area contributed by atoms with Gasteiger partial charge in [0.15, 0.2) is 19.6 Å². The lowest BCUT2D eigenvalue weighted by molar-refractivity contribution is 0.0785. The third-order valence-corrected chi connectivity index (χ3v) is 16.4. The van der Waals surface area contributed by atoms with Crippen LogP contribution in [0, 0.1) is 0 Å². The summed E-state index contributed by atoms with van der Waals surface area (Å²) in [7, 11) is -2.44. The van der Waals surface area contributed by atoms with Gasteiger partial charge < -0.3 is 29.8 Å². The van der Waals surface area contributed by atoms with E-state index < -0.39 is 22.2 Å². The van der Waals surface area contributed by atoms with Gasteiger partial charge in [-0.15, -0.1) is 13.2 Å². The van der Waals surface area contributed by atoms with Gasteiger partial charge >= 0.3 is 0 Å². The van der Waals surface area contributed by atoms with E-state index in [4.69, 9.17) is 9.97 Å². The maximum atomic E-state index is 13.2. The molecule has 0 saturated carbocycles. The molecule has 74 heavy (non-hydrogen) atoms. The second-order valence-corrected chi connectivity index (χ2v) is 28.6. The summed E-state index contributed by atoms with van der Waals surface area (Å²) in [5.74, 6) is 1.25. The zero-order valence-electron chi connectivity index (χ0n) is 43.7. The Kier molecular flexibility index (Phi) is 16.0. The average Bonchev–Trinajstić information content (AvgIpc) is 3.79. The standard InChI is InChI=1S/C28H34N6O2Si.C28H35N5O3Si/c1-5-13-33-28(35)25-20-29-26(18-21-9-11-22(12-10-21)32-16-14-31(2)15-17-32)30-27(25)34(33)23-7-6-8-24(19-23)37(3,4)36;1-6-15-32-27(34)24-19-30-25(17-20-10-12-22(13-11-20)29-14-16-37(4,5)36)31-26(24)33(32)23-9-7-8-21(18-23)28(2,3)35/h5-12,19-20,36H,1,13-18H2,2-4H3;6-13,18-19,29,35-36H,1,14-17H2,2-5H3. The number of aliphatic hydroxyl groups is 1. The monoisotopic (exact) mass is 1030 g/mol. The molecule has 0 aliphatic carbocycles. The number of benzene rings is 4. The number of fused-ring (bicyclic) bond motifs is 2. The second-order valence-electron chi connectivity index (χ2n) is 20.7. The molecule has 16 nitrogen and oxygen atoms in total. The van der Waals surface area contributed by atoms with E-state index >= 15 is 0 Å². The van der Waals surface area contributed by atoms with Crippen LogP contribution in [0.2, 0.25) is 32.2 Å². The molecule has 0 atom stereocenters. The molecule has 0 spiro atoms. The lowest BCUT2D eigenvalue weighted by Gasteiger charge is -2.34. The van der Waals surface area contributed by atoms with Crippen LogP contribution in [0.3, 0.4) is 0 Å². The fraction of sp³-hybridized carbons (Fsp3) is 0.321. The van der Waals surface area contributed by atoms with Gasteiger partial charge in [0.25, 0.3) is 11.1 Å². The summed E-state index contributed by atoms with van der Waals surface area (Å²) in [6, 6.07) is 32.7. The molecular formula is C56H69N11O5Si2. The zero-order chi connectivity index (χ0) is 53.0. The van der Waals surface area contributed by atoms with Gasteiger partial charge in [0.2, 0.25) is 8.32 Å². The Morgan fingerprint density at radius 3 is 1.66 bits per heavy atom. The van der Waals surface area contributed by atoms with E-state index in [2.05, 4.69) is 69.6 Å². The third-order valence-electron chi connectivity index (χ3n) is 13.2. The Bertz CT molecular complexity index is 3390. The van der Waals surface area contributed by atoms with Crippen LogP contribution >= 0.6 is 0 Å². The van der Waals surface area contributed by atoms with Crippen molar-refractivity contribution in [3.05, 3.63) is 184 Å². The van der Waals surface area contributed by atoms with Crippen LogP contribution < -0.4 is 26.5 Å². The molecule has 1 aliphatic rings. The molecule has 0 unspecified atom stereocenters. The minimum atomic E-state index is -2.54. The normalized spacial score (nSPS) is 13.5. The van der Waals surface area contributed by atoms with E-state index in [1.165, 1.54) is 5.69 Å². The Morgan fingerprint density at radius 1 is 0.676 bits per heavy atom. The van der Waals surface area contributed by atoms with Crippen molar-refractivity contribution in [1.29, 1.82) is 0 Å². The maximum Gasteiger partial charge on any atom is 0.278 e. The summed E-state index contributed by atoms with van der Waals surface area (Å²) in [6.45, 7) is 24.3. The Balaban J connectivity index is 0.000000197. The molecule has 5 heterocycles. The van der Waals surface area contributed by atoms with Crippen molar-refractivity contribution < 1.29 is 14.7 Å². The van der Waals surface area contributed by atoms with Gasteiger partial charge in [-0.1, -0.05) is 60.7 Å². The van der Waals surface area contributed by atoms with Crippen LogP contribution in [-0.4, -0.2) is 115 Å². The molecule has 4 aromatic carbocycles. The van der Waals surface area contributed by atoms with E-state index in [1.807, 2.05) is 104 Å².